The Hall–Kier alpha value is -1.51. The van der Waals surface area contributed by atoms with Crippen molar-refractivity contribution in [3.05, 3.63) is 64.7 Å². The second-order valence-corrected chi connectivity index (χ2v) is 5.86. The maximum atomic E-state index is 6.27. The number of nitrogens with zero attached hydrogens (tertiary/aromatic N) is 1. The molecule has 1 aliphatic rings. The third-order valence-corrected chi connectivity index (χ3v) is 4.22. The molecule has 1 heterocycles. The predicted molar refractivity (Wildman–Crippen MR) is 85.3 cm³/mol. The Labute approximate surface area is 125 Å². The van der Waals surface area contributed by atoms with Crippen molar-refractivity contribution in [1.29, 1.82) is 0 Å². The lowest BCUT2D eigenvalue weighted by Crippen LogP contribution is -2.38. The molecule has 3 rings (SSSR count). The highest BCUT2D eigenvalue weighted by Crippen LogP contribution is 2.36. The van der Waals surface area contributed by atoms with Crippen molar-refractivity contribution in [3.8, 4) is 0 Å². The van der Waals surface area contributed by atoms with Crippen LogP contribution in [0, 0.1) is 0 Å². The summed E-state index contributed by atoms with van der Waals surface area (Å²) in [5.74, 6) is 0. The molecule has 0 bridgehead atoms. The van der Waals surface area contributed by atoms with Gasteiger partial charge in [-0.1, -0.05) is 41.9 Å². The van der Waals surface area contributed by atoms with Gasteiger partial charge >= 0.3 is 0 Å². The molecule has 0 saturated heterocycles. The molecule has 20 heavy (non-hydrogen) atoms. The Bertz CT molecular complexity index is 592. The summed E-state index contributed by atoms with van der Waals surface area (Å²) in [5.41, 5.74) is 10.2. The summed E-state index contributed by atoms with van der Waals surface area (Å²) in [7, 11) is 0. The van der Waals surface area contributed by atoms with E-state index in [9.17, 15) is 0 Å². The fourth-order valence-corrected chi connectivity index (χ4v) is 3.21. The molecule has 0 radical (unpaired) electrons. The molecular weight excluding hydrogens is 268 g/mol. The predicted octanol–water partition coefficient (Wildman–Crippen LogP) is 3.79. The van der Waals surface area contributed by atoms with Gasteiger partial charge in [0.15, 0.2) is 0 Å². The largest absolute Gasteiger partial charge is 0.362 e. The number of rotatable bonds is 3. The molecule has 1 aliphatic heterocycles. The van der Waals surface area contributed by atoms with Gasteiger partial charge in [0.05, 0.1) is 6.04 Å². The lowest BCUT2D eigenvalue weighted by Gasteiger charge is -2.33. The lowest BCUT2D eigenvalue weighted by atomic mass is 9.99. The Morgan fingerprint density at radius 3 is 2.50 bits per heavy atom. The van der Waals surface area contributed by atoms with Crippen LogP contribution in [0.4, 0.5) is 5.69 Å². The number of hydrogen-bond donors (Lipinski definition) is 1. The van der Waals surface area contributed by atoms with Crippen LogP contribution in [0.1, 0.15) is 24.1 Å². The van der Waals surface area contributed by atoms with Crippen LogP contribution in [-0.4, -0.2) is 12.6 Å². The van der Waals surface area contributed by atoms with Gasteiger partial charge in [0.2, 0.25) is 0 Å². The number of fused-ring (bicyclic) bond motifs is 1. The van der Waals surface area contributed by atoms with Crippen LogP contribution in [-0.2, 0) is 6.42 Å². The van der Waals surface area contributed by atoms with Crippen LogP contribution < -0.4 is 10.6 Å². The van der Waals surface area contributed by atoms with Gasteiger partial charge in [-0.05, 0) is 42.7 Å². The fourth-order valence-electron chi connectivity index (χ4n) is 3.08. The second-order valence-electron chi connectivity index (χ2n) is 5.43. The number of halogens is 1. The summed E-state index contributed by atoms with van der Waals surface area (Å²) in [6.45, 7) is 3.09. The van der Waals surface area contributed by atoms with Crippen molar-refractivity contribution in [2.45, 2.75) is 25.4 Å². The minimum Gasteiger partial charge on any atom is -0.362 e. The zero-order chi connectivity index (χ0) is 14.1. The van der Waals surface area contributed by atoms with Crippen LogP contribution in [0.15, 0.2) is 48.5 Å². The summed E-state index contributed by atoms with van der Waals surface area (Å²) in [6, 6.07) is 16.9. The van der Waals surface area contributed by atoms with E-state index >= 15 is 0 Å². The molecule has 2 nitrogen and oxygen atoms in total. The van der Waals surface area contributed by atoms with E-state index in [0.29, 0.717) is 0 Å². The molecule has 0 spiro atoms. The molecule has 3 heteroatoms. The molecule has 2 unspecified atom stereocenters. The number of nitrogens with two attached hydrogens (primary N) is 1. The van der Waals surface area contributed by atoms with E-state index in [2.05, 4.69) is 48.2 Å². The topological polar surface area (TPSA) is 29.3 Å². The third-order valence-electron chi connectivity index (χ3n) is 3.97. The maximum absolute atomic E-state index is 6.27. The summed E-state index contributed by atoms with van der Waals surface area (Å²) in [5, 5.41) is 0.763. The first kappa shape index (κ1) is 13.5. The quantitative estimate of drug-likeness (QED) is 0.930. The van der Waals surface area contributed by atoms with Gasteiger partial charge in [0.1, 0.15) is 0 Å². The average Bonchev–Trinajstić information content (AvgIpc) is 2.85. The molecule has 2 aromatic rings. The van der Waals surface area contributed by atoms with Crippen molar-refractivity contribution in [2.75, 3.05) is 11.4 Å². The highest BCUT2D eigenvalue weighted by Gasteiger charge is 2.29. The van der Waals surface area contributed by atoms with E-state index in [4.69, 9.17) is 17.3 Å². The summed E-state index contributed by atoms with van der Waals surface area (Å²) in [4.78, 5) is 2.42. The van der Waals surface area contributed by atoms with Crippen LogP contribution in [0.25, 0.3) is 0 Å². The van der Waals surface area contributed by atoms with E-state index in [1.165, 1.54) is 16.8 Å². The lowest BCUT2D eigenvalue weighted by molar-refractivity contribution is 0.542. The molecule has 0 saturated carbocycles. The van der Waals surface area contributed by atoms with E-state index in [-0.39, 0.29) is 12.1 Å². The Morgan fingerprint density at radius 1 is 1.10 bits per heavy atom. The summed E-state index contributed by atoms with van der Waals surface area (Å²) < 4.78 is 0. The molecule has 0 fully saturated rings. The average molecular weight is 287 g/mol. The molecule has 2 N–H and O–H groups in total. The van der Waals surface area contributed by atoms with Gasteiger partial charge in [-0.3, -0.25) is 0 Å². The molecule has 2 atom stereocenters. The van der Waals surface area contributed by atoms with Crippen LogP contribution in [0.3, 0.4) is 0 Å². The second kappa shape index (κ2) is 5.47. The normalized spacial score (nSPS) is 16.9. The van der Waals surface area contributed by atoms with E-state index in [0.717, 1.165) is 18.0 Å². The zero-order valence-corrected chi connectivity index (χ0v) is 12.3. The van der Waals surface area contributed by atoms with Gasteiger partial charge < -0.3 is 10.6 Å². The van der Waals surface area contributed by atoms with Gasteiger partial charge in [0.25, 0.3) is 0 Å². The van der Waals surface area contributed by atoms with E-state index < -0.39 is 0 Å². The van der Waals surface area contributed by atoms with Crippen molar-refractivity contribution in [2.24, 2.45) is 5.73 Å². The first-order valence-corrected chi connectivity index (χ1v) is 7.40. The molecule has 0 aliphatic carbocycles. The summed E-state index contributed by atoms with van der Waals surface area (Å²) in [6.07, 6.45) is 1.09. The highest BCUT2D eigenvalue weighted by molar-refractivity contribution is 6.30. The van der Waals surface area contributed by atoms with Crippen molar-refractivity contribution in [3.63, 3.8) is 0 Å². The molecule has 0 aromatic heterocycles. The van der Waals surface area contributed by atoms with Crippen molar-refractivity contribution < 1.29 is 0 Å². The molecular formula is C17H19ClN2. The smallest absolute Gasteiger partial charge is 0.0691 e. The van der Waals surface area contributed by atoms with Gasteiger partial charge in [-0.15, -0.1) is 0 Å². The summed E-state index contributed by atoms with van der Waals surface area (Å²) >= 11 is 5.99. The standard InChI is InChI=1S/C17H19ClN2/c1-12(19)17(14-6-8-15(18)9-7-14)20-11-10-13-4-2-3-5-16(13)20/h2-9,12,17H,10-11,19H2,1H3. The van der Waals surface area contributed by atoms with E-state index in [1.54, 1.807) is 0 Å². The van der Waals surface area contributed by atoms with Crippen molar-refractivity contribution in [1.82, 2.24) is 0 Å². The number of anilines is 1. The molecule has 2 aromatic carbocycles. The third kappa shape index (κ3) is 2.41. The SMILES string of the molecule is CC(N)C(c1ccc(Cl)cc1)N1CCc2ccccc21. The van der Waals surface area contributed by atoms with Gasteiger partial charge in [-0.2, -0.15) is 0 Å². The first-order chi connectivity index (χ1) is 9.66. The Balaban J connectivity index is 1.98. The minimum absolute atomic E-state index is 0.0577. The van der Waals surface area contributed by atoms with Gasteiger partial charge in [-0.25, -0.2) is 0 Å². The van der Waals surface area contributed by atoms with E-state index in [1.807, 2.05) is 12.1 Å². The molecule has 104 valence electrons. The Kier molecular flexibility index (Phi) is 3.68. The number of benzene rings is 2. The highest BCUT2D eigenvalue weighted by atomic mass is 35.5. The van der Waals surface area contributed by atoms with Crippen LogP contribution in [0.2, 0.25) is 5.02 Å². The minimum atomic E-state index is 0.0577. The number of hydrogen-bond acceptors (Lipinski definition) is 2. The monoisotopic (exact) mass is 286 g/mol. The zero-order valence-electron chi connectivity index (χ0n) is 11.6. The number of para-hydroxylation sites is 1. The van der Waals surface area contributed by atoms with Crippen LogP contribution in [0.5, 0.6) is 0 Å². The van der Waals surface area contributed by atoms with Gasteiger partial charge in [0, 0.05) is 23.3 Å². The van der Waals surface area contributed by atoms with Crippen LogP contribution >= 0.6 is 11.6 Å². The maximum Gasteiger partial charge on any atom is 0.0691 e. The molecule has 0 amide bonds. The first-order valence-electron chi connectivity index (χ1n) is 7.02. The Morgan fingerprint density at radius 2 is 1.80 bits per heavy atom. The fraction of sp³-hybridized carbons (Fsp3) is 0.294. The van der Waals surface area contributed by atoms with Crippen molar-refractivity contribution >= 4 is 17.3 Å².